The summed E-state index contributed by atoms with van der Waals surface area (Å²) in [4.78, 5) is 7.46. The standard InChI is InChI=1S/C8H9.3CH3.Sn/c1-7-5-3-4-6-8(7)2;;;;/h3-6H,1H2,2H3;3*1H3;. The Balaban J connectivity index is 2.83. The molecule has 0 aromatic heterocycles. The van der Waals surface area contributed by atoms with Crippen LogP contribution in [0.4, 0.5) is 0 Å². The molecule has 0 saturated heterocycles. The third-order valence-electron chi connectivity index (χ3n) is 1.98. The SMILES string of the molecule is Cc1ccccc1[CH2][Sn]([CH3])([CH3])[CH3]. The van der Waals surface area contributed by atoms with E-state index in [1.54, 1.807) is 5.56 Å². The van der Waals surface area contributed by atoms with Crippen molar-refractivity contribution in [1.82, 2.24) is 0 Å². The topological polar surface area (TPSA) is 0 Å². The quantitative estimate of drug-likeness (QED) is 0.721. The summed E-state index contributed by atoms with van der Waals surface area (Å²) in [5.74, 6) is 0. The average Bonchev–Trinajstić information content (AvgIpc) is 1.91. The Kier molecular flexibility index (Phi) is 3.21. The molecule has 0 N–H and O–H groups in total. The van der Waals surface area contributed by atoms with E-state index in [0.717, 1.165) is 0 Å². The van der Waals surface area contributed by atoms with Gasteiger partial charge in [0.15, 0.2) is 0 Å². The van der Waals surface area contributed by atoms with Gasteiger partial charge < -0.3 is 0 Å². The zero-order chi connectivity index (χ0) is 9.19. The van der Waals surface area contributed by atoms with Gasteiger partial charge in [-0.2, -0.15) is 0 Å². The molecule has 0 bridgehead atoms. The maximum atomic E-state index is 2.49. The molecule has 0 aliphatic carbocycles. The third-order valence-corrected chi connectivity index (χ3v) is 6.10. The maximum absolute atomic E-state index is 2.49. The van der Waals surface area contributed by atoms with E-state index in [-0.39, 0.29) is 0 Å². The van der Waals surface area contributed by atoms with Gasteiger partial charge in [-0.25, -0.2) is 0 Å². The zero-order valence-corrected chi connectivity index (χ0v) is 11.4. The zero-order valence-electron chi connectivity index (χ0n) is 8.52. The van der Waals surface area contributed by atoms with Crippen molar-refractivity contribution in [2.75, 3.05) is 0 Å². The first-order valence-electron chi connectivity index (χ1n) is 4.53. The van der Waals surface area contributed by atoms with Crippen molar-refractivity contribution in [3.05, 3.63) is 35.4 Å². The van der Waals surface area contributed by atoms with E-state index in [1.165, 1.54) is 10.0 Å². The van der Waals surface area contributed by atoms with Crippen molar-refractivity contribution in [3.63, 3.8) is 0 Å². The van der Waals surface area contributed by atoms with Gasteiger partial charge in [-0.1, -0.05) is 0 Å². The van der Waals surface area contributed by atoms with E-state index in [2.05, 4.69) is 46.0 Å². The van der Waals surface area contributed by atoms with Crippen LogP contribution in [0.3, 0.4) is 0 Å². The molecule has 0 unspecified atom stereocenters. The molecule has 0 heterocycles. The van der Waals surface area contributed by atoms with Crippen LogP contribution in [0.1, 0.15) is 11.1 Å². The van der Waals surface area contributed by atoms with E-state index in [0.29, 0.717) is 0 Å². The van der Waals surface area contributed by atoms with Gasteiger partial charge in [0.2, 0.25) is 0 Å². The Morgan fingerprint density at radius 1 is 1.08 bits per heavy atom. The third kappa shape index (κ3) is 3.18. The summed E-state index contributed by atoms with van der Waals surface area (Å²) < 4.78 is 1.38. The number of aryl methyl sites for hydroxylation is 1. The van der Waals surface area contributed by atoms with E-state index in [1.807, 2.05) is 0 Å². The van der Waals surface area contributed by atoms with E-state index in [4.69, 9.17) is 0 Å². The molecular weight excluding hydrogens is 251 g/mol. The molecule has 0 atom stereocenters. The van der Waals surface area contributed by atoms with Gasteiger partial charge >= 0.3 is 79.9 Å². The summed E-state index contributed by atoms with van der Waals surface area (Å²) in [6, 6.07) is 8.77. The van der Waals surface area contributed by atoms with Crippen LogP contribution in [0.25, 0.3) is 0 Å². The van der Waals surface area contributed by atoms with E-state index >= 15 is 0 Å². The Morgan fingerprint density at radius 2 is 1.67 bits per heavy atom. The van der Waals surface area contributed by atoms with E-state index < -0.39 is 18.4 Å². The van der Waals surface area contributed by atoms with Crippen LogP contribution in [0.5, 0.6) is 0 Å². The Morgan fingerprint density at radius 3 is 2.17 bits per heavy atom. The van der Waals surface area contributed by atoms with Crippen LogP contribution in [0, 0.1) is 6.92 Å². The number of rotatable bonds is 2. The van der Waals surface area contributed by atoms with Crippen molar-refractivity contribution in [3.8, 4) is 0 Å². The molecule has 1 aromatic rings. The molecule has 0 spiro atoms. The fraction of sp³-hybridized carbons (Fsp3) is 0.455. The Labute approximate surface area is 79.9 Å². The molecule has 66 valence electrons. The molecule has 0 saturated carbocycles. The van der Waals surface area contributed by atoms with E-state index in [9.17, 15) is 0 Å². The Bertz CT molecular complexity index is 258. The fourth-order valence-electron chi connectivity index (χ4n) is 1.38. The first-order chi connectivity index (χ1) is 5.49. The summed E-state index contributed by atoms with van der Waals surface area (Å²) in [7, 11) is 0. The molecule has 1 aromatic carbocycles. The van der Waals surface area contributed by atoms with Crippen LogP contribution in [0.15, 0.2) is 24.3 Å². The number of benzene rings is 1. The van der Waals surface area contributed by atoms with Crippen LogP contribution >= 0.6 is 0 Å². The molecule has 0 aliphatic rings. The van der Waals surface area contributed by atoms with Crippen LogP contribution in [-0.2, 0) is 4.44 Å². The molecule has 1 heteroatoms. The normalized spacial score (nSPS) is 11.7. The van der Waals surface area contributed by atoms with Gasteiger partial charge in [-0.15, -0.1) is 0 Å². The molecule has 0 radical (unpaired) electrons. The number of hydrogen-bond acceptors (Lipinski definition) is 0. The molecule has 12 heavy (non-hydrogen) atoms. The second-order valence-electron chi connectivity index (χ2n) is 4.66. The first kappa shape index (κ1) is 10.1. The molecule has 0 fully saturated rings. The van der Waals surface area contributed by atoms with Crippen molar-refractivity contribution >= 4 is 18.4 Å². The molecule has 1 rings (SSSR count). The van der Waals surface area contributed by atoms with Gasteiger partial charge in [0.1, 0.15) is 0 Å². The predicted molar refractivity (Wildman–Crippen MR) is 58.2 cm³/mol. The van der Waals surface area contributed by atoms with Crippen LogP contribution in [0.2, 0.25) is 14.8 Å². The monoisotopic (exact) mass is 270 g/mol. The first-order valence-corrected chi connectivity index (χ1v) is 15.1. The fourth-order valence-corrected chi connectivity index (χ4v) is 5.77. The van der Waals surface area contributed by atoms with Crippen molar-refractivity contribution in [1.29, 1.82) is 0 Å². The van der Waals surface area contributed by atoms with Gasteiger partial charge in [0, 0.05) is 0 Å². The second kappa shape index (κ2) is 3.82. The van der Waals surface area contributed by atoms with Gasteiger partial charge in [0.05, 0.1) is 0 Å². The van der Waals surface area contributed by atoms with Crippen molar-refractivity contribution in [2.45, 2.75) is 26.2 Å². The molecule has 0 aliphatic heterocycles. The van der Waals surface area contributed by atoms with Crippen LogP contribution < -0.4 is 0 Å². The van der Waals surface area contributed by atoms with Crippen LogP contribution in [-0.4, -0.2) is 18.4 Å². The summed E-state index contributed by atoms with van der Waals surface area (Å²) in [5, 5.41) is 0. The Hall–Kier alpha value is 0.0187. The number of hydrogen-bond donors (Lipinski definition) is 0. The summed E-state index contributed by atoms with van der Waals surface area (Å²) in [6.45, 7) is 2.22. The molecule has 0 amide bonds. The second-order valence-corrected chi connectivity index (χ2v) is 20.3. The summed E-state index contributed by atoms with van der Waals surface area (Å²) >= 11 is -1.61. The summed E-state index contributed by atoms with van der Waals surface area (Å²) in [6.07, 6.45) is 0. The minimum absolute atomic E-state index is 1.38. The minimum atomic E-state index is -1.61. The van der Waals surface area contributed by atoms with Crippen molar-refractivity contribution < 1.29 is 0 Å². The molecule has 0 nitrogen and oxygen atoms in total. The molecular formula is C11H18Sn. The summed E-state index contributed by atoms with van der Waals surface area (Å²) in [5.41, 5.74) is 3.03. The van der Waals surface area contributed by atoms with Crippen molar-refractivity contribution in [2.24, 2.45) is 0 Å². The predicted octanol–water partition coefficient (Wildman–Crippen LogP) is 3.41. The van der Waals surface area contributed by atoms with Gasteiger partial charge in [-0.3, -0.25) is 0 Å². The van der Waals surface area contributed by atoms with Gasteiger partial charge in [0.25, 0.3) is 0 Å². The average molecular weight is 269 g/mol. The van der Waals surface area contributed by atoms with Gasteiger partial charge in [-0.05, 0) is 0 Å².